The fourth-order valence-electron chi connectivity index (χ4n) is 1.43. The Balaban J connectivity index is 0.00000232. The SMILES string of the molecule is CC.CCSc1c(Cl)cc(F)c(C(=O)N/C(=N/N)N(C)N)c1Cl. The number of rotatable bonds is 3. The highest BCUT2D eigenvalue weighted by Gasteiger charge is 2.23. The molecular weight excluding hydrogens is 364 g/mol. The molecule has 23 heavy (non-hydrogen) atoms. The van der Waals surface area contributed by atoms with E-state index in [0.29, 0.717) is 10.6 Å². The number of thioether (sulfide) groups is 1. The van der Waals surface area contributed by atoms with Crippen LogP contribution >= 0.6 is 35.0 Å². The lowest BCUT2D eigenvalue weighted by Crippen LogP contribution is -2.46. The fraction of sp³-hybridized carbons (Fsp3) is 0.385. The summed E-state index contributed by atoms with van der Waals surface area (Å²) in [6.45, 7) is 5.88. The van der Waals surface area contributed by atoms with E-state index in [9.17, 15) is 9.18 Å². The molecule has 1 rings (SSSR count). The number of carbonyl (C=O) groups is 1. The molecule has 1 aromatic rings. The third-order valence-electron chi connectivity index (χ3n) is 2.33. The second-order valence-electron chi connectivity index (χ2n) is 3.81. The molecule has 0 aliphatic rings. The summed E-state index contributed by atoms with van der Waals surface area (Å²) in [5.74, 6) is 9.33. The number of hydrogen-bond donors (Lipinski definition) is 3. The van der Waals surface area contributed by atoms with Gasteiger partial charge in [0.2, 0.25) is 5.96 Å². The van der Waals surface area contributed by atoms with Crippen LogP contribution in [0.15, 0.2) is 16.1 Å². The number of nitrogens with two attached hydrogens (primary N) is 2. The molecule has 0 unspecified atom stereocenters. The third-order valence-corrected chi connectivity index (χ3v) is 4.23. The first-order chi connectivity index (χ1) is 10.8. The Labute approximate surface area is 149 Å². The predicted molar refractivity (Wildman–Crippen MR) is 95.2 cm³/mol. The van der Waals surface area contributed by atoms with E-state index in [0.717, 1.165) is 11.1 Å². The average molecular weight is 384 g/mol. The zero-order valence-electron chi connectivity index (χ0n) is 13.3. The lowest BCUT2D eigenvalue weighted by Gasteiger charge is -2.16. The summed E-state index contributed by atoms with van der Waals surface area (Å²) >= 11 is 13.3. The Bertz CT molecular complexity index is 584. The molecule has 0 radical (unpaired) electrons. The van der Waals surface area contributed by atoms with Gasteiger partial charge in [0.15, 0.2) is 0 Å². The lowest BCUT2D eigenvalue weighted by atomic mass is 10.2. The van der Waals surface area contributed by atoms with Crippen LogP contribution in [0.3, 0.4) is 0 Å². The first kappa shape index (κ1) is 21.8. The van der Waals surface area contributed by atoms with E-state index >= 15 is 0 Å². The molecule has 0 aliphatic carbocycles. The number of nitrogens with zero attached hydrogens (tertiary/aromatic N) is 2. The van der Waals surface area contributed by atoms with Gasteiger partial charge in [-0.3, -0.25) is 15.1 Å². The second-order valence-corrected chi connectivity index (χ2v) is 5.87. The molecule has 6 nitrogen and oxygen atoms in total. The second kappa shape index (κ2) is 10.5. The summed E-state index contributed by atoms with van der Waals surface area (Å²) in [7, 11) is 1.41. The summed E-state index contributed by atoms with van der Waals surface area (Å²) in [4.78, 5) is 12.6. The molecule has 1 aromatic carbocycles. The van der Waals surface area contributed by atoms with Crippen molar-refractivity contribution in [2.45, 2.75) is 25.7 Å². The van der Waals surface area contributed by atoms with Crippen LogP contribution in [-0.4, -0.2) is 29.7 Å². The molecule has 0 fully saturated rings. The fourth-order valence-corrected chi connectivity index (χ4v) is 2.99. The molecule has 0 saturated carbocycles. The van der Waals surface area contributed by atoms with Gasteiger partial charge in [-0.2, -0.15) is 0 Å². The van der Waals surface area contributed by atoms with Gasteiger partial charge < -0.3 is 5.84 Å². The molecule has 0 aliphatic heterocycles. The van der Waals surface area contributed by atoms with Gasteiger partial charge in [0.05, 0.1) is 15.6 Å². The highest BCUT2D eigenvalue weighted by molar-refractivity contribution is 7.99. The molecule has 0 bridgehead atoms. The highest BCUT2D eigenvalue weighted by Crippen LogP contribution is 2.37. The van der Waals surface area contributed by atoms with E-state index in [4.69, 9.17) is 34.9 Å². The standard InChI is InChI=1S/C11H14Cl2FN5OS.C2H6/c1-3-21-9-5(12)4-6(14)7(8(9)13)10(20)17-11(18-15)19(2)16;1-2/h4H,3,15-16H2,1-2H3,(H,17,18,20);1-2H3. The monoisotopic (exact) mass is 383 g/mol. The first-order valence-corrected chi connectivity index (χ1v) is 8.45. The van der Waals surface area contributed by atoms with Gasteiger partial charge in [0, 0.05) is 11.9 Å². The number of hydrogen-bond acceptors (Lipinski definition) is 5. The topological polar surface area (TPSA) is 96.7 Å². The van der Waals surface area contributed by atoms with Gasteiger partial charge in [0.1, 0.15) is 5.82 Å². The van der Waals surface area contributed by atoms with E-state index in [2.05, 4.69) is 10.4 Å². The first-order valence-electron chi connectivity index (χ1n) is 6.71. The minimum absolute atomic E-state index is 0.0691. The zero-order chi connectivity index (χ0) is 18.2. The number of benzene rings is 1. The van der Waals surface area contributed by atoms with Gasteiger partial charge in [-0.25, -0.2) is 10.2 Å². The van der Waals surface area contributed by atoms with Gasteiger partial charge in [-0.05, 0) is 11.8 Å². The van der Waals surface area contributed by atoms with Crippen molar-refractivity contribution in [2.75, 3.05) is 12.8 Å². The Hall–Kier alpha value is -1.22. The number of guanidine groups is 1. The summed E-state index contributed by atoms with van der Waals surface area (Å²) < 4.78 is 14.0. The van der Waals surface area contributed by atoms with E-state index in [-0.39, 0.29) is 21.6 Å². The Morgan fingerprint density at radius 1 is 1.48 bits per heavy atom. The van der Waals surface area contributed by atoms with Crippen LogP contribution in [-0.2, 0) is 0 Å². The molecule has 0 saturated heterocycles. The van der Waals surface area contributed by atoms with Crippen LogP contribution in [0.2, 0.25) is 10.0 Å². The van der Waals surface area contributed by atoms with Gasteiger partial charge in [-0.1, -0.05) is 44.0 Å². The van der Waals surface area contributed by atoms with Crippen LogP contribution in [0.4, 0.5) is 4.39 Å². The Kier molecular flexibility index (Phi) is 9.98. The number of carbonyl (C=O) groups excluding carboxylic acids is 1. The predicted octanol–water partition coefficient (Wildman–Crippen LogP) is 3.04. The smallest absolute Gasteiger partial charge is 0.262 e. The van der Waals surface area contributed by atoms with Crippen molar-refractivity contribution >= 4 is 46.8 Å². The van der Waals surface area contributed by atoms with Crippen LogP contribution in [0, 0.1) is 5.82 Å². The maximum absolute atomic E-state index is 14.0. The minimum atomic E-state index is -0.848. The summed E-state index contributed by atoms with van der Waals surface area (Å²) in [6.07, 6.45) is 0. The molecule has 0 spiro atoms. The molecular formula is C13H20Cl2FN5OS. The minimum Gasteiger partial charge on any atom is -0.320 e. The van der Waals surface area contributed by atoms with Gasteiger partial charge in [-0.15, -0.1) is 16.9 Å². The van der Waals surface area contributed by atoms with E-state index in [1.54, 1.807) is 0 Å². The molecule has 0 heterocycles. The number of nitrogens with one attached hydrogen (secondary N) is 1. The van der Waals surface area contributed by atoms with Crippen molar-refractivity contribution in [1.29, 1.82) is 0 Å². The van der Waals surface area contributed by atoms with Crippen LogP contribution in [0.5, 0.6) is 0 Å². The van der Waals surface area contributed by atoms with Crippen LogP contribution in [0.1, 0.15) is 31.1 Å². The molecule has 0 atom stereocenters. The van der Waals surface area contributed by atoms with Crippen molar-refractivity contribution in [1.82, 2.24) is 10.3 Å². The largest absolute Gasteiger partial charge is 0.320 e. The van der Waals surface area contributed by atoms with E-state index in [1.807, 2.05) is 20.8 Å². The molecule has 0 aromatic heterocycles. The van der Waals surface area contributed by atoms with Crippen LogP contribution in [0.25, 0.3) is 0 Å². The number of amides is 1. The quantitative estimate of drug-likeness (QED) is 0.245. The summed E-state index contributed by atoms with van der Waals surface area (Å²) in [5, 5.41) is 6.59. The van der Waals surface area contributed by atoms with Crippen molar-refractivity contribution in [2.24, 2.45) is 16.8 Å². The Morgan fingerprint density at radius 3 is 2.48 bits per heavy atom. The summed E-state index contributed by atoms with van der Waals surface area (Å²) in [6, 6.07) is 1.03. The Morgan fingerprint density at radius 2 is 2.04 bits per heavy atom. The molecule has 130 valence electrons. The van der Waals surface area contributed by atoms with E-state index in [1.165, 1.54) is 18.8 Å². The zero-order valence-corrected chi connectivity index (χ0v) is 15.6. The average Bonchev–Trinajstić information content (AvgIpc) is 2.50. The van der Waals surface area contributed by atoms with Crippen molar-refractivity contribution in [3.05, 3.63) is 27.5 Å². The number of halogens is 3. The molecule has 10 heteroatoms. The molecule has 1 amide bonds. The van der Waals surface area contributed by atoms with Gasteiger partial charge in [0.25, 0.3) is 5.91 Å². The van der Waals surface area contributed by atoms with E-state index < -0.39 is 11.7 Å². The molecule has 5 N–H and O–H groups in total. The van der Waals surface area contributed by atoms with Crippen molar-refractivity contribution in [3.63, 3.8) is 0 Å². The van der Waals surface area contributed by atoms with Crippen molar-refractivity contribution < 1.29 is 9.18 Å². The van der Waals surface area contributed by atoms with Crippen molar-refractivity contribution in [3.8, 4) is 0 Å². The third kappa shape index (κ3) is 5.72. The summed E-state index contributed by atoms with van der Waals surface area (Å²) in [5.41, 5.74) is -0.347. The maximum atomic E-state index is 14.0. The van der Waals surface area contributed by atoms with Crippen LogP contribution < -0.4 is 17.0 Å². The normalized spacial score (nSPS) is 10.7. The highest BCUT2D eigenvalue weighted by atomic mass is 35.5. The maximum Gasteiger partial charge on any atom is 0.262 e. The lowest BCUT2D eigenvalue weighted by molar-refractivity contribution is 0.0968. The van der Waals surface area contributed by atoms with Gasteiger partial charge >= 0.3 is 0 Å². The number of hydrazine groups is 1. The number of hydrazone groups is 1.